The van der Waals surface area contributed by atoms with E-state index in [1.807, 2.05) is 24.3 Å². The second-order valence-electron chi connectivity index (χ2n) is 22.5. The topological polar surface area (TPSA) is 230 Å². The van der Waals surface area contributed by atoms with E-state index in [4.69, 9.17) is 61.4 Å². The molecule has 20 nitrogen and oxygen atoms in total. The molecule has 5 fully saturated rings. The highest BCUT2D eigenvalue weighted by molar-refractivity contribution is 6.31. The average Bonchev–Trinajstić information content (AvgIpc) is 4.31. The molecular weight excluding hydrogens is 1040 g/mol. The van der Waals surface area contributed by atoms with Crippen LogP contribution in [0.5, 0.6) is 0 Å². The first-order valence-electron chi connectivity index (χ1n) is 27.8. The number of morpholine rings is 2. The molecule has 410 valence electrons. The van der Waals surface area contributed by atoms with Crippen molar-refractivity contribution in [2.24, 2.45) is 23.7 Å². The lowest BCUT2D eigenvalue weighted by Gasteiger charge is -2.44. The van der Waals surface area contributed by atoms with Gasteiger partial charge in [0.15, 0.2) is 0 Å². The van der Waals surface area contributed by atoms with Crippen LogP contribution < -0.4 is 21.3 Å². The van der Waals surface area contributed by atoms with Crippen LogP contribution in [0.3, 0.4) is 0 Å². The molecule has 3 aliphatic carbocycles. The van der Waals surface area contributed by atoms with Crippen LogP contribution in [-0.2, 0) is 22.6 Å². The van der Waals surface area contributed by atoms with Crippen molar-refractivity contribution in [3.63, 3.8) is 0 Å². The van der Waals surface area contributed by atoms with Gasteiger partial charge in [-0.15, -0.1) is 10.2 Å². The van der Waals surface area contributed by atoms with Crippen LogP contribution in [0, 0.1) is 23.7 Å². The van der Waals surface area contributed by atoms with E-state index in [2.05, 4.69) is 77.0 Å². The van der Waals surface area contributed by atoms with E-state index in [-0.39, 0.29) is 30.0 Å². The van der Waals surface area contributed by atoms with Gasteiger partial charge in [0.1, 0.15) is 11.4 Å². The van der Waals surface area contributed by atoms with Gasteiger partial charge in [-0.25, -0.2) is 39.7 Å². The normalized spacial score (nSPS) is 24.8. The van der Waals surface area contributed by atoms with E-state index in [1.165, 1.54) is 64.2 Å². The lowest BCUT2D eigenvalue weighted by molar-refractivity contribution is -0.00958. The minimum absolute atomic E-state index is 0.110. The Morgan fingerprint density at radius 1 is 0.603 bits per heavy atom. The van der Waals surface area contributed by atoms with Gasteiger partial charge in [0.2, 0.25) is 11.9 Å². The zero-order valence-electron chi connectivity index (χ0n) is 44.5. The number of anilines is 2. The number of aromatic amines is 2. The Kier molecular flexibility index (Phi) is 15.0. The molecule has 0 radical (unpaired) electrons. The summed E-state index contributed by atoms with van der Waals surface area (Å²) >= 11 is 12.8. The number of nitrogens with one attached hydrogen (secondary N) is 2. The van der Waals surface area contributed by atoms with Crippen LogP contribution >= 0.6 is 23.2 Å². The van der Waals surface area contributed by atoms with Crippen molar-refractivity contribution in [2.75, 3.05) is 36.2 Å². The predicted molar refractivity (Wildman–Crippen MR) is 298 cm³/mol. The molecule has 4 atom stereocenters. The summed E-state index contributed by atoms with van der Waals surface area (Å²) in [5.41, 5.74) is 7.14. The fourth-order valence-electron chi connectivity index (χ4n) is 12.7. The molecule has 2 unspecified atom stereocenters. The van der Waals surface area contributed by atoms with Gasteiger partial charge in [-0.2, -0.15) is 0 Å². The molecule has 8 aromatic rings. The third-order valence-corrected chi connectivity index (χ3v) is 17.1. The largest absolute Gasteiger partial charge is 0.434 e. The Labute approximate surface area is 460 Å². The number of rotatable bonds is 10. The number of fused-ring (bicyclic) bond motifs is 3. The van der Waals surface area contributed by atoms with Crippen molar-refractivity contribution in [3.05, 3.63) is 80.2 Å². The standard InChI is InChI=1S/C29H34ClN7O3.C27H32ClN7O3/c1-17-6-8-18(9-7-17)16-37-26-21(33-28(37)36-10-11-39-24-5-3-2-4-23(24)36)13-22(27-34-35-29(38)40-27)32-25(26)19-12-20(30)15-31-14-19;1-15-4-6-18(7-5-15)12-34-24-21(31-26(34)35-16(2)13-37-14-17(35)3)9-22(25-32-33-27(36)38-25)30-23(24)19-8-20(28)11-29-10-19/h12-15,17-18,23-24H,2-11,16H2,1H3,(H,35,38);8-11,15-18H,4-7,12-14H2,1-3H3,(H,33,36)/t;15?,16-,17-,18?/m.1/s1. The molecule has 8 aromatic heterocycles. The van der Waals surface area contributed by atoms with Gasteiger partial charge in [-0.1, -0.05) is 75.6 Å². The van der Waals surface area contributed by atoms with Crippen LogP contribution in [0.15, 0.2) is 67.5 Å². The van der Waals surface area contributed by atoms with Crippen LogP contribution in [-0.4, -0.2) is 110 Å². The third-order valence-electron chi connectivity index (χ3n) is 16.7. The molecule has 0 bridgehead atoms. The molecule has 5 aliphatic rings. The molecule has 78 heavy (non-hydrogen) atoms. The highest BCUT2D eigenvalue weighted by Crippen LogP contribution is 2.42. The molecular formula is C56H66Cl2N14O6. The van der Waals surface area contributed by atoms with Crippen molar-refractivity contribution in [2.45, 2.75) is 142 Å². The minimum Gasteiger partial charge on any atom is -0.386 e. The van der Waals surface area contributed by atoms with Gasteiger partial charge in [0.05, 0.1) is 87.6 Å². The maximum atomic E-state index is 11.8. The number of nitrogens with zero attached hydrogens (tertiary/aromatic N) is 12. The van der Waals surface area contributed by atoms with Crippen molar-refractivity contribution in [1.29, 1.82) is 0 Å². The van der Waals surface area contributed by atoms with Gasteiger partial charge < -0.3 is 37.2 Å². The van der Waals surface area contributed by atoms with Gasteiger partial charge in [0.25, 0.3) is 11.8 Å². The molecule has 22 heteroatoms. The fourth-order valence-corrected chi connectivity index (χ4v) is 13.1. The number of halogens is 2. The lowest BCUT2D eigenvalue weighted by atomic mass is 9.83. The number of imidazole rings is 2. The number of H-pyrrole nitrogens is 2. The highest BCUT2D eigenvalue weighted by atomic mass is 35.5. The van der Waals surface area contributed by atoms with Crippen LogP contribution in [0.2, 0.25) is 10.0 Å². The summed E-state index contributed by atoms with van der Waals surface area (Å²) in [6.45, 7) is 13.5. The number of pyridine rings is 4. The summed E-state index contributed by atoms with van der Waals surface area (Å²) in [5, 5.41) is 13.8. The van der Waals surface area contributed by atoms with Gasteiger partial charge in [0, 0.05) is 55.5 Å². The quantitative estimate of drug-likeness (QED) is 0.130. The number of hydrogen-bond acceptors (Lipinski definition) is 16. The molecule has 0 amide bonds. The maximum Gasteiger partial charge on any atom is 0.434 e. The average molecular weight is 1100 g/mol. The Balaban J connectivity index is 0.000000156. The summed E-state index contributed by atoms with van der Waals surface area (Å²) < 4.78 is 27.4. The Morgan fingerprint density at radius 2 is 1.10 bits per heavy atom. The van der Waals surface area contributed by atoms with Crippen molar-refractivity contribution in [3.8, 4) is 45.7 Å². The first-order valence-corrected chi connectivity index (χ1v) is 28.6. The van der Waals surface area contributed by atoms with Crippen molar-refractivity contribution < 1.29 is 18.3 Å². The van der Waals surface area contributed by atoms with Crippen LogP contribution in [0.1, 0.15) is 105 Å². The van der Waals surface area contributed by atoms with Crippen LogP contribution in [0.4, 0.5) is 11.9 Å². The lowest BCUT2D eigenvalue weighted by Crippen LogP contribution is -2.53. The molecule has 2 N–H and O–H groups in total. The molecule has 10 heterocycles. The van der Waals surface area contributed by atoms with Crippen LogP contribution in [0.25, 0.3) is 67.8 Å². The van der Waals surface area contributed by atoms with E-state index in [1.54, 1.807) is 24.8 Å². The summed E-state index contributed by atoms with van der Waals surface area (Å²) in [5.74, 6) is 3.49. The monoisotopic (exact) mass is 1100 g/mol. The first-order chi connectivity index (χ1) is 37.9. The highest BCUT2D eigenvalue weighted by Gasteiger charge is 2.38. The van der Waals surface area contributed by atoms with E-state index >= 15 is 0 Å². The second-order valence-corrected chi connectivity index (χ2v) is 23.3. The smallest absolute Gasteiger partial charge is 0.386 e. The Bertz CT molecular complexity index is 3520. The zero-order valence-corrected chi connectivity index (χ0v) is 46.0. The second kappa shape index (κ2) is 22.3. The SMILES string of the molecule is CC1CCC(Cn2c(N3CCOC4CCCCC43)nc3cc(-c4n[nH]c(=O)o4)nc(-c4cncc(Cl)c4)c32)CC1.CC1CCC(Cn2c(N3[C@H](C)COC[C@H]3C)nc3cc(-c4n[nH]c(=O)o4)nc(-c4cncc(Cl)c4)c32)CC1. The van der Waals surface area contributed by atoms with Gasteiger partial charge in [-0.05, 0) is 100 Å². The molecule has 2 aliphatic heterocycles. The van der Waals surface area contributed by atoms with E-state index < -0.39 is 11.5 Å². The summed E-state index contributed by atoms with van der Waals surface area (Å²) in [6, 6.07) is 8.05. The van der Waals surface area contributed by atoms with Crippen molar-refractivity contribution in [1.82, 2.24) is 59.4 Å². The Morgan fingerprint density at radius 3 is 1.60 bits per heavy atom. The van der Waals surface area contributed by atoms with Gasteiger partial charge >= 0.3 is 11.5 Å². The number of hydrogen-bond donors (Lipinski definition) is 2. The summed E-state index contributed by atoms with van der Waals surface area (Å²) in [7, 11) is 0. The summed E-state index contributed by atoms with van der Waals surface area (Å²) in [6.07, 6.45) is 21.3. The maximum absolute atomic E-state index is 11.8. The third kappa shape index (κ3) is 10.7. The molecule has 13 rings (SSSR count). The first kappa shape index (κ1) is 52.2. The summed E-state index contributed by atoms with van der Waals surface area (Å²) in [4.78, 5) is 57.5. The van der Waals surface area contributed by atoms with E-state index in [9.17, 15) is 9.59 Å². The van der Waals surface area contributed by atoms with E-state index in [0.717, 1.165) is 89.4 Å². The van der Waals surface area contributed by atoms with E-state index in [0.29, 0.717) is 70.5 Å². The molecule has 0 aromatic carbocycles. The predicted octanol–water partition coefficient (Wildman–Crippen LogP) is 10.4. The molecule has 3 saturated carbocycles. The molecule has 0 spiro atoms. The number of aromatic nitrogens is 12. The zero-order chi connectivity index (χ0) is 53.6. The fraction of sp³-hybridized carbons (Fsp3) is 0.536. The number of ether oxygens (including phenoxy) is 2. The minimum atomic E-state index is -0.637. The van der Waals surface area contributed by atoms with Gasteiger partial charge in [-0.3, -0.25) is 9.97 Å². The van der Waals surface area contributed by atoms with Crippen molar-refractivity contribution >= 4 is 57.2 Å². The molecule has 2 saturated heterocycles. The Hall–Kier alpha value is -6.48.